The Bertz CT molecular complexity index is 759. The van der Waals surface area contributed by atoms with Crippen LogP contribution in [0.1, 0.15) is 5.69 Å². The Hall–Kier alpha value is -2.56. The van der Waals surface area contributed by atoms with E-state index in [0.717, 1.165) is 22.3 Å². The standard InChI is InChI=1S/C14H14N4O/c1-18-13-5-3-2-4-11(13)12(6-14(18)19)16-8-10-7-15-9-17-10/h2-7,9,16H,8H2,1H3,(H,15,17). The van der Waals surface area contributed by atoms with Gasteiger partial charge < -0.3 is 14.9 Å². The van der Waals surface area contributed by atoms with E-state index in [0.29, 0.717) is 6.54 Å². The maximum Gasteiger partial charge on any atom is 0.252 e. The molecule has 1 aromatic carbocycles. The zero-order valence-electron chi connectivity index (χ0n) is 10.6. The number of nitrogens with zero attached hydrogens (tertiary/aromatic N) is 2. The number of hydrogen-bond donors (Lipinski definition) is 2. The number of para-hydroxylation sites is 1. The molecule has 0 spiro atoms. The van der Waals surface area contributed by atoms with Gasteiger partial charge in [0.1, 0.15) is 0 Å². The molecule has 2 heterocycles. The van der Waals surface area contributed by atoms with E-state index in [9.17, 15) is 4.79 Å². The summed E-state index contributed by atoms with van der Waals surface area (Å²) in [4.78, 5) is 18.9. The molecular weight excluding hydrogens is 240 g/mol. The van der Waals surface area contributed by atoms with Crippen molar-refractivity contribution in [3.05, 3.63) is 58.9 Å². The minimum absolute atomic E-state index is 0.0224. The van der Waals surface area contributed by atoms with Gasteiger partial charge in [-0.15, -0.1) is 0 Å². The number of fused-ring (bicyclic) bond motifs is 1. The van der Waals surface area contributed by atoms with Crippen LogP contribution in [0.5, 0.6) is 0 Å². The number of aromatic amines is 1. The van der Waals surface area contributed by atoms with Gasteiger partial charge in [-0.2, -0.15) is 0 Å². The van der Waals surface area contributed by atoms with E-state index in [4.69, 9.17) is 0 Å². The number of pyridine rings is 1. The number of H-pyrrole nitrogens is 1. The zero-order valence-corrected chi connectivity index (χ0v) is 10.6. The van der Waals surface area contributed by atoms with E-state index < -0.39 is 0 Å². The van der Waals surface area contributed by atoms with Crippen molar-refractivity contribution in [3.8, 4) is 0 Å². The first-order valence-electron chi connectivity index (χ1n) is 6.05. The fourth-order valence-electron chi connectivity index (χ4n) is 2.13. The van der Waals surface area contributed by atoms with Gasteiger partial charge in [0.05, 0.1) is 24.1 Å². The van der Waals surface area contributed by atoms with Crippen LogP contribution in [-0.2, 0) is 13.6 Å². The van der Waals surface area contributed by atoms with Crippen molar-refractivity contribution in [2.75, 3.05) is 5.32 Å². The van der Waals surface area contributed by atoms with Crippen molar-refractivity contribution >= 4 is 16.6 Å². The van der Waals surface area contributed by atoms with E-state index in [1.165, 1.54) is 0 Å². The zero-order chi connectivity index (χ0) is 13.2. The van der Waals surface area contributed by atoms with Gasteiger partial charge >= 0.3 is 0 Å². The van der Waals surface area contributed by atoms with Gasteiger partial charge in [0.2, 0.25) is 0 Å². The molecule has 0 radical (unpaired) electrons. The molecule has 0 saturated carbocycles. The molecule has 3 aromatic rings. The van der Waals surface area contributed by atoms with Crippen molar-refractivity contribution in [2.24, 2.45) is 7.05 Å². The van der Waals surface area contributed by atoms with Gasteiger partial charge in [0.25, 0.3) is 5.56 Å². The van der Waals surface area contributed by atoms with Crippen LogP contribution in [0.4, 0.5) is 5.69 Å². The van der Waals surface area contributed by atoms with Gasteiger partial charge in [0, 0.05) is 30.4 Å². The summed E-state index contributed by atoms with van der Waals surface area (Å²) < 4.78 is 1.65. The highest BCUT2D eigenvalue weighted by Crippen LogP contribution is 2.21. The molecular formula is C14H14N4O. The second kappa shape index (κ2) is 4.61. The fourth-order valence-corrected chi connectivity index (χ4v) is 2.13. The van der Waals surface area contributed by atoms with Crippen LogP contribution >= 0.6 is 0 Å². The molecule has 0 bridgehead atoms. The number of aryl methyl sites for hydroxylation is 1. The van der Waals surface area contributed by atoms with Gasteiger partial charge in [0.15, 0.2) is 0 Å². The summed E-state index contributed by atoms with van der Waals surface area (Å²) in [6, 6.07) is 9.47. The number of anilines is 1. The van der Waals surface area contributed by atoms with Gasteiger partial charge in [-0.25, -0.2) is 4.98 Å². The van der Waals surface area contributed by atoms with E-state index in [1.807, 2.05) is 24.3 Å². The largest absolute Gasteiger partial charge is 0.379 e. The molecule has 2 aromatic heterocycles. The Labute approximate surface area is 109 Å². The first kappa shape index (κ1) is 11.5. The van der Waals surface area contributed by atoms with Crippen molar-refractivity contribution in [3.63, 3.8) is 0 Å². The lowest BCUT2D eigenvalue weighted by Crippen LogP contribution is -2.17. The molecule has 0 aliphatic rings. The molecule has 3 rings (SSSR count). The molecule has 5 nitrogen and oxygen atoms in total. The summed E-state index contributed by atoms with van der Waals surface area (Å²) in [5.41, 5.74) is 2.71. The van der Waals surface area contributed by atoms with E-state index >= 15 is 0 Å². The van der Waals surface area contributed by atoms with Crippen molar-refractivity contribution < 1.29 is 0 Å². The van der Waals surface area contributed by atoms with Crippen LogP contribution < -0.4 is 10.9 Å². The van der Waals surface area contributed by atoms with Gasteiger partial charge in [-0.3, -0.25) is 4.79 Å². The summed E-state index contributed by atoms with van der Waals surface area (Å²) in [5, 5.41) is 4.31. The molecule has 19 heavy (non-hydrogen) atoms. The van der Waals surface area contributed by atoms with E-state index in [1.54, 1.807) is 30.2 Å². The normalized spacial score (nSPS) is 10.8. The molecule has 0 unspecified atom stereocenters. The maximum atomic E-state index is 11.9. The summed E-state index contributed by atoms with van der Waals surface area (Å²) in [6.07, 6.45) is 3.40. The lowest BCUT2D eigenvalue weighted by Gasteiger charge is -2.11. The third kappa shape index (κ3) is 2.10. The molecule has 2 N–H and O–H groups in total. The predicted molar refractivity (Wildman–Crippen MR) is 75.1 cm³/mol. The minimum atomic E-state index is -0.0224. The molecule has 0 fully saturated rings. The quantitative estimate of drug-likeness (QED) is 0.750. The number of rotatable bonds is 3. The van der Waals surface area contributed by atoms with Crippen LogP contribution in [0.3, 0.4) is 0 Å². The number of nitrogens with one attached hydrogen (secondary N) is 2. The Balaban J connectivity index is 2.03. The van der Waals surface area contributed by atoms with E-state index in [-0.39, 0.29) is 5.56 Å². The molecule has 0 amide bonds. The average Bonchev–Trinajstić information content (AvgIpc) is 2.95. The second-order valence-electron chi connectivity index (χ2n) is 4.40. The highest BCUT2D eigenvalue weighted by atomic mass is 16.1. The SMILES string of the molecule is Cn1c(=O)cc(NCc2cnc[nH]2)c2ccccc21. The second-order valence-corrected chi connectivity index (χ2v) is 4.40. The fraction of sp³-hybridized carbons (Fsp3) is 0.143. The Kier molecular flexibility index (Phi) is 2.79. The topological polar surface area (TPSA) is 62.7 Å². The van der Waals surface area contributed by atoms with Crippen molar-refractivity contribution in [2.45, 2.75) is 6.54 Å². The smallest absolute Gasteiger partial charge is 0.252 e. The van der Waals surface area contributed by atoms with E-state index in [2.05, 4.69) is 15.3 Å². The highest BCUT2D eigenvalue weighted by Gasteiger charge is 2.05. The Morgan fingerprint density at radius 1 is 1.37 bits per heavy atom. The monoisotopic (exact) mass is 254 g/mol. The maximum absolute atomic E-state index is 11.9. The lowest BCUT2D eigenvalue weighted by molar-refractivity contribution is 0.905. The van der Waals surface area contributed by atoms with Crippen LogP contribution in [0.2, 0.25) is 0 Å². The number of aromatic nitrogens is 3. The van der Waals surface area contributed by atoms with Gasteiger partial charge in [-0.05, 0) is 6.07 Å². The molecule has 5 heteroatoms. The lowest BCUT2D eigenvalue weighted by atomic mass is 10.2. The summed E-state index contributed by atoms with van der Waals surface area (Å²) in [7, 11) is 1.78. The van der Waals surface area contributed by atoms with Crippen LogP contribution in [0, 0.1) is 0 Å². The summed E-state index contributed by atoms with van der Waals surface area (Å²) in [6.45, 7) is 0.608. The predicted octanol–water partition coefficient (Wildman–Crippen LogP) is 1.87. The first-order chi connectivity index (χ1) is 9.25. The highest BCUT2D eigenvalue weighted by molar-refractivity contribution is 5.91. The number of hydrogen-bond acceptors (Lipinski definition) is 3. The molecule has 0 saturated heterocycles. The van der Waals surface area contributed by atoms with Crippen LogP contribution in [0.15, 0.2) is 47.7 Å². The van der Waals surface area contributed by atoms with Gasteiger partial charge in [-0.1, -0.05) is 18.2 Å². The minimum Gasteiger partial charge on any atom is -0.379 e. The third-order valence-electron chi connectivity index (χ3n) is 3.18. The average molecular weight is 254 g/mol. The molecule has 96 valence electrons. The first-order valence-corrected chi connectivity index (χ1v) is 6.05. The van der Waals surface area contributed by atoms with Crippen LogP contribution in [-0.4, -0.2) is 14.5 Å². The Morgan fingerprint density at radius 2 is 2.21 bits per heavy atom. The third-order valence-corrected chi connectivity index (χ3v) is 3.18. The van der Waals surface area contributed by atoms with Crippen molar-refractivity contribution in [1.29, 1.82) is 0 Å². The molecule has 0 aliphatic heterocycles. The van der Waals surface area contributed by atoms with Crippen LogP contribution in [0.25, 0.3) is 10.9 Å². The molecule has 0 aliphatic carbocycles. The number of imidazole rings is 1. The summed E-state index contributed by atoms with van der Waals surface area (Å²) in [5.74, 6) is 0. The number of benzene rings is 1. The molecule has 0 atom stereocenters. The van der Waals surface area contributed by atoms with Crippen molar-refractivity contribution in [1.82, 2.24) is 14.5 Å². The Morgan fingerprint density at radius 3 is 3.00 bits per heavy atom. The summed E-state index contributed by atoms with van der Waals surface area (Å²) >= 11 is 0.